The number of rotatable bonds is 3. The first-order valence-electron chi connectivity index (χ1n) is 5.15. The van der Waals surface area contributed by atoms with Crippen molar-refractivity contribution in [3.63, 3.8) is 0 Å². The van der Waals surface area contributed by atoms with Crippen molar-refractivity contribution in [1.29, 1.82) is 0 Å². The Morgan fingerprint density at radius 2 is 2.06 bits per heavy atom. The maximum Gasteiger partial charge on any atom is 0.258 e. The normalized spacial score (nSPS) is 20.2. The van der Waals surface area contributed by atoms with E-state index in [1.54, 1.807) is 6.07 Å². The van der Waals surface area contributed by atoms with Crippen LogP contribution in [0.1, 0.15) is 10.9 Å². The van der Waals surface area contributed by atoms with Crippen LogP contribution in [0, 0.1) is 0 Å². The summed E-state index contributed by atoms with van der Waals surface area (Å²) in [6.45, 7) is 2.95. The predicted molar refractivity (Wildman–Crippen MR) is 65.2 cm³/mol. The fourth-order valence-electron chi connectivity index (χ4n) is 1.91. The minimum atomic E-state index is -2.33. The van der Waals surface area contributed by atoms with Gasteiger partial charge in [0.1, 0.15) is 6.04 Å². The molecule has 0 unspecified atom stereocenters. The molecular formula is C10H13BrF2N2S. The van der Waals surface area contributed by atoms with Gasteiger partial charge in [0, 0.05) is 40.9 Å². The van der Waals surface area contributed by atoms with Gasteiger partial charge in [0.2, 0.25) is 0 Å². The average Bonchev–Trinajstić information content (AvgIpc) is 2.66. The maximum absolute atomic E-state index is 13.1. The number of nitrogens with zero attached hydrogens (tertiary/aromatic N) is 1. The molecule has 2 nitrogen and oxygen atoms in total. The molecule has 90 valence electrons. The molecule has 1 aliphatic rings. The molecule has 16 heavy (non-hydrogen) atoms. The van der Waals surface area contributed by atoms with Crippen molar-refractivity contribution in [2.45, 2.75) is 12.5 Å². The van der Waals surface area contributed by atoms with E-state index in [4.69, 9.17) is 0 Å². The van der Waals surface area contributed by atoms with Gasteiger partial charge in [0.25, 0.3) is 6.43 Å². The number of piperazine rings is 1. The van der Waals surface area contributed by atoms with Crippen molar-refractivity contribution >= 4 is 27.3 Å². The van der Waals surface area contributed by atoms with E-state index < -0.39 is 12.5 Å². The van der Waals surface area contributed by atoms with Crippen molar-refractivity contribution in [1.82, 2.24) is 10.2 Å². The van der Waals surface area contributed by atoms with E-state index in [9.17, 15) is 8.78 Å². The lowest BCUT2D eigenvalue weighted by atomic mass is 10.2. The molecule has 0 radical (unpaired) electrons. The molecule has 1 N–H and O–H groups in total. The van der Waals surface area contributed by atoms with Crippen LogP contribution < -0.4 is 5.32 Å². The van der Waals surface area contributed by atoms with Crippen LogP contribution in [0.5, 0.6) is 0 Å². The topological polar surface area (TPSA) is 15.3 Å². The molecule has 0 aliphatic carbocycles. The summed E-state index contributed by atoms with van der Waals surface area (Å²) in [4.78, 5) is 2.60. The molecule has 1 aromatic heterocycles. The lowest BCUT2D eigenvalue weighted by Crippen LogP contribution is -2.46. The highest BCUT2D eigenvalue weighted by Crippen LogP contribution is 2.33. The first-order chi connectivity index (χ1) is 7.68. The summed E-state index contributed by atoms with van der Waals surface area (Å²) in [5.74, 6) is 0. The smallest absolute Gasteiger partial charge is 0.258 e. The van der Waals surface area contributed by atoms with Gasteiger partial charge in [-0.15, -0.1) is 11.3 Å². The SMILES string of the molecule is FC(F)[C@H](c1cc(Br)cs1)N1CCNCC1. The first kappa shape index (κ1) is 12.4. The van der Waals surface area contributed by atoms with Crippen molar-refractivity contribution in [2.75, 3.05) is 26.2 Å². The number of thiophene rings is 1. The summed E-state index contributed by atoms with van der Waals surface area (Å²) in [6, 6.07) is 1.04. The van der Waals surface area contributed by atoms with E-state index in [0.29, 0.717) is 13.1 Å². The molecule has 0 amide bonds. The lowest BCUT2D eigenvalue weighted by Gasteiger charge is -2.33. The fraction of sp³-hybridized carbons (Fsp3) is 0.600. The largest absolute Gasteiger partial charge is 0.314 e. The van der Waals surface area contributed by atoms with Crippen molar-refractivity contribution in [3.8, 4) is 0 Å². The fourth-order valence-corrected chi connectivity index (χ4v) is 3.49. The Morgan fingerprint density at radius 1 is 1.38 bits per heavy atom. The first-order valence-corrected chi connectivity index (χ1v) is 6.82. The molecule has 6 heteroatoms. The van der Waals surface area contributed by atoms with E-state index in [1.807, 2.05) is 10.3 Å². The van der Waals surface area contributed by atoms with Gasteiger partial charge in [-0.2, -0.15) is 0 Å². The highest BCUT2D eigenvalue weighted by atomic mass is 79.9. The molecule has 0 aromatic carbocycles. The van der Waals surface area contributed by atoms with Gasteiger partial charge >= 0.3 is 0 Å². The molecule has 0 spiro atoms. The molecule has 0 bridgehead atoms. The van der Waals surface area contributed by atoms with E-state index in [1.165, 1.54) is 11.3 Å². The second kappa shape index (κ2) is 5.53. The second-order valence-corrected chi connectivity index (χ2v) is 5.59. The van der Waals surface area contributed by atoms with Crippen LogP contribution in [-0.4, -0.2) is 37.5 Å². The van der Waals surface area contributed by atoms with Crippen LogP contribution in [0.4, 0.5) is 8.78 Å². The zero-order valence-electron chi connectivity index (χ0n) is 8.63. The van der Waals surface area contributed by atoms with Crippen LogP contribution >= 0.6 is 27.3 Å². The maximum atomic E-state index is 13.1. The van der Waals surface area contributed by atoms with Gasteiger partial charge in [-0.3, -0.25) is 4.90 Å². The van der Waals surface area contributed by atoms with Crippen molar-refractivity contribution < 1.29 is 8.78 Å². The summed E-state index contributed by atoms with van der Waals surface area (Å²) in [5, 5.41) is 5.03. The second-order valence-electron chi connectivity index (χ2n) is 3.73. The number of nitrogens with one attached hydrogen (secondary N) is 1. The number of hydrogen-bond acceptors (Lipinski definition) is 3. The number of halogens is 3. The van der Waals surface area contributed by atoms with Crippen LogP contribution in [0.2, 0.25) is 0 Å². The highest BCUT2D eigenvalue weighted by Gasteiger charge is 2.31. The van der Waals surface area contributed by atoms with Crippen LogP contribution in [0.25, 0.3) is 0 Å². The van der Waals surface area contributed by atoms with Gasteiger partial charge in [0.05, 0.1) is 0 Å². The lowest BCUT2D eigenvalue weighted by molar-refractivity contribution is 0.0200. The minimum Gasteiger partial charge on any atom is -0.314 e. The van der Waals surface area contributed by atoms with Gasteiger partial charge in [-0.05, 0) is 22.0 Å². The zero-order chi connectivity index (χ0) is 11.5. The molecule has 1 atom stereocenters. The van der Waals surface area contributed by atoms with Gasteiger partial charge in [0.15, 0.2) is 0 Å². The van der Waals surface area contributed by atoms with Gasteiger partial charge in [-0.25, -0.2) is 8.78 Å². The Bertz CT molecular complexity index is 339. The van der Waals surface area contributed by atoms with Crippen molar-refractivity contribution in [2.24, 2.45) is 0 Å². The monoisotopic (exact) mass is 310 g/mol. The van der Waals surface area contributed by atoms with Gasteiger partial charge < -0.3 is 5.32 Å². The van der Waals surface area contributed by atoms with E-state index in [-0.39, 0.29) is 0 Å². The minimum absolute atomic E-state index is 0.685. The molecule has 1 aliphatic heterocycles. The third-order valence-electron chi connectivity index (χ3n) is 2.66. The summed E-state index contributed by atoms with van der Waals surface area (Å²) in [7, 11) is 0. The molecule has 0 saturated carbocycles. The zero-order valence-corrected chi connectivity index (χ0v) is 11.0. The molecule has 1 fully saturated rings. The highest BCUT2D eigenvalue weighted by molar-refractivity contribution is 9.10. The van der Waals surface area contributed by atoms with Crippen LogP contribution in [0.3, 0.4) is 0 Å². The molecule has 2 rings (SSSR count). The summed E-state index contributed by atoms with van der Waals surface area (Å²) in [6.07, 6.45) is -2.33. The molecule has 2 heterocycles. The van der Waals surface area contributed by atoms with Crippen LogP contribution in [-0.2, 0) is 0 Å². The van der Waals surface area contributed by atoms with E-state index >= 15 is 0 Å². The summed E-state index contributed by atoms with van der Waals surface area (Å²) < 4.78 is 27.1. The Hall–Kier alpha value is -0.0400. The predicted octanol–water partition coefficient (Wildman–Crippen LogP) is 2.72. The molecule has 1 aromatic rings. The summed E-state index contributed by atoms with van der Waals surface area (Å²) in [5.41, 5.74) is 0. The van der Waals surface area contributed by atoms with Gasteiger partial charge in [-0.1, -0.05) is 0 Å². The van der Waals surface area contributed by atoms with Crippen LogP contribution in [0.15, 0.2) is 15.9 Å². The standard InChI is InChI=1S/C10H13BrF2N2S/c11-7-5-8(16-6-7)9(10(12)13)15-3-1-14-2-4-15/h5-6,9-10,14H,1-4H2/t9-/m0/s1. The molecular weight excluding hydrogens is 298 g/mol. The number of hydrogen-bond donors (Lipinski definition) is 1. The Labute approximate surface area is 106 Å². The number of alkyl halides is 2. The average molecular weight is 311 g/mol. The van der Waals surface area contributed by atoms with E-state index in [0.717, 1.165) is 22.4 Å². The van der Waals surface area contributed by atoms with E-state index in [2.05, 4.69) is 21.2 Å². The Balaban J connectivity index is 2.16. The quantitative estimate of drug-likeness (QED) is 0.923. The molecule has 1 saturated heterocycles. The van der Waals surface area contributed by atoms with Crippen molar-refractivity contribution in [3.05, 3.63) is 20.8 Å². The Kier molecular flexibility index (Phi) is 4.29. The third kappa shape index (κ3) is 2.80. The Morgan fingerprint density at radius 3 is 2.56 bits per heavy atom. The third-order valence-corrected chi connectivity index (χ3v) is 4.43. The summed E-state index contributed by atoms with van der Waals surface area (Å²) >= 11 is 4.70.